The molecule has 0 bridgehead atoms. The van der Waals surface area contributed by atoms with Gasteiger partial charge in [-0.25, -0.2) is 9.37 Å². The Bertz CT molecular complexity index is 539. The number of hydrogen-bond acceptors (Lipinski definition) is 2. The van der Waals surface area contributed by atoms with Gasteiger partial charge in [0.05, 0.1) is 10.5 Å². The van der Waals surface area contributed by atoms with Crippen LogP contribution in [0.5, 0.6) is 0 Å². The number of rotatable bonds is 4. The predicted octanol–water partition coefficient (Wildman–Crippen LogP) is 2.82. The zero-order chi connectivity index (χ0) is 13.1. The summed E-state index contributed by atoms with van der Waals surface area (Å²) in [5, 5.41) is 3.24. The average Bonchev–Trinajstić information content (AvgIpc) is 2.77. The second-order valence-corrected chi connectivity index (χ2v) is 5.04. The van der Waals surface area contributed by atoms with Crippen molar-refractivity contribution in [3.8, 4) is 0 Å². The van der Waals surface area contributed by atoms with E-state index in [0.717, 1.165) is 17.8 Å². The Kier molecular flexibility index (Phi) is 4.14. The Labute approximate surface area is 114 Å². The highest BCUT2D eigenvalue weighted by Crippen LogP contribution is 2.21. The molecule has 3 nitrogen and oxygen atoms in total. The van der Waals surface area contributed by atoms with E-state index in [0.29, 0.717) is 4.47 Å². The summed E-state index contributed by atoms with van der Waals surface area (Å²) < 4.78 is 15.7. The molecule has 5 heteroatoms. The van der Waals surface area contributed by atoms with Crippen LogP contribution in [0.25, 0.3) is 0 Å². The Morgan fingerprint density at radius 3 is 2.83 bits per heavy atom. The maximum absolute atomic E-state index is 13.2. The van der Waals surface area contributed by atoms with Crippen LogP contribution < -0.4 is 5.32 Å². The van der Waals surface area contributed by atoms with E-state index in [4.69, 9.17) is 0 Å². The lowest BCUT2D eigenvalue weighted by atomic mass is 10.1. The summed E-state index contributed by atoms with van der Waals surface area (Å²) in [5.74, 6) is 0.731. The molecule has 0 spiro atoms. The molecule has 96 valence electrons. The zero-order valence-electron chi connectivity index (χ0n) is 10.3. The molecule has 0 amide bonds. The number of nitrogens with zero attached hydrogens (tertiary/aromatic N) is 2. The third kappa shape index (κ3) is 2.79. The molecule has 0 aliphatic carbocycles. The molecule has 1 aromatic carbocycles. The number of halogens is 2. The van der Waals surface area contributed by atoms with Gasteiger partial charge in [-0.15, -0.1) is 0 Å². The molecule has 2 rings (SSSR count). The molecule has 18 heavy (non-hydrogen) atoms. The molecular weight excluding hydrogens is 297 g/mol. The highest BCUT2D eigenvalue weighted by Gasteiger charge is 2.15. The molecule has 0 radical (unpaired) electrons. The summed E-state index contributed by atoms with van der Waals surface area (Å²) in [4.78, 5) is 4.34. The molecule has 1 unspecified atom stereocenters. The van der Waals surface area contributed by atoms with Gasteiger partial charge in [-0.1, -0.05) is 6.07 Å². The van der Waals surface area contributed by atoms with Crippen LogP contribution >= 0.6 is 15.9 Å². The van der Waals surface area contributed by atoms with E-state index in [2.05, 4.69) is 26.2 Å². The number of benzene rings is 1. The fourth-order valence-corrected chi connectivity index (χ4v) is 2.36. The zero-order valence-corrected chi connectivity index (χ0v) is 11.9. The molecule has 0 fully saturated rings. The predicted molar refractivity (Wildman–Crippen MR) is 72.8 cm³/mol. The topological polar surface area (TPSA) is 29.9 Å². The van der Waals surface area contributed by atoms with Crippen molar-refractivity contribution in [2.75, 3.05) is 7.05 Å². The highest BCUT2D eigenvalue weighted by molar-refractivity contribution is 9.10. The van der Waals surface area contributed by atoms with E-state index in [-0.39, 0.29) is 11.9 Å². The van der Waals surface area contributed by atoms with Gasteiger partial charge in [0.1, 0.15) is 11.6 Å². The summed E-state index contributed by atoms with van der Waals surface area (Å²) in [7, 11) is 3.87. The van der Waals surface area contributed by atoms with Crippen molar-refractivity contribution >= 4 is 15.9 Å². The summed E-state index contributed by atoms with van der Waals surface area (Å²) in [6, 6.07) is 5.20. The molecule has 2 aromatic rings. The second-order valence-electron chi connectivity index (χ2n) is 4.19. The van der Waals surface area contributed by atoms with Crippen LogP contribution in [0, 0.1) is 5.82 Å². The van der Waals surface area contributed by atoms with Crippen molar-refractivity contribution in [3.05, 3.63) is 52.3 Å². The Hall–Kier alpha value is -1.20. The van der Waals surface area contributed by atoms with Gasteiger partial charge in [-0.2, -0.15) is 0 Å². The van der Waals surface area contributed by atoms with E-state index >= 15 is 0 Å². The van der Waals surface area contributed by atoms with Crippen molar-refractivity contribution in [1.82, 2.24) is 14.9 Å². The Morgan fingerprint density at radius 1 is 1.50 bits per heavy atom. The van der Waals surface area contributed by atoms with Crippen molar-refractivity contribution in [1.29, 1.82) is 0 Å². The maximum atomic E-state index is 13.2. The third-order valence-corrected chi connectivity index (χ3v) is 3.55. The minimum absolute atomic E-state index is 0.113. The first-order chi connectivity index (χ1) is 8.61. The molecule has 1 aromatic heterocycles. The summed E-state index contributed by atoms with van der Waals surface area (Å²) in [6.45, 7) is 0. The fourth-order valence-electron chi connectivity index (χ4n) is 1.94. The first-order valence-corrected chi connectivity index (χ1v) is 6.49. The molecule has 0 saturated heterocycles. The van der Waals surface area contributed by atoms with E-state index in [1.54, 1.807) is 12.3 Å². The molecule has 1 N–H and O–H groups in total. The number of hydrogen-bond donors (Lipinski definition) is 1. The molecule has 0 aliphatic heterocycles. The Balaban J connectivity index is 2.20. The van der Waals surface area contributed by atoms with E-state index in [9.17, 15) is 4.39 Å². The van der Waals surface area contributed by atoms with Gasteiger partial charge < -0.3 is 9.88 Å². The van der Waals surface area contributed by atoms with Crippen LogP contribution in [-0.4, -0.2) is 16.6 Å². The van der Waals surface area contributed by atoms with Crippen LogP contribution in [-0.2, 0) is 13.5 Å². The molecular formula is C13H15BrFN3. The van der Waals surface area contributed by atoms with Gasteiger partial charge in [0.15, 0.2) is 0 Å². The monoisotopic (exact) mass is 311 g/mol. The standard InChI is InChI=1S/C13H15BrFN3/c1-16-12(13-17-5-6-18(13)2)8-9-3-4-11(15)10(14)7-9/h3-7,12,16H,8H2,1-2H3. The molecule has 0 saturated carbocycles. The molecule has 0 aliphatic rings. The SMILES string of the molecule is CNC(Cc1ccc(F)c(Br)c1)c1nccn1C. The lowest BCUT2D eigenvalue weighted by molar-refractivity contribution is 0.537. The van der Waals surface area contributed by atoms with Crippen molar-refractivity contribution < 1.29 is 4.39 Å². The maximum Gasteiger partial charge on any atom is 0.137 e. The van der Waals surface area contributed by atoms with Gasteiger partial charge in [0, 0.05) is 19.4 Å². The molecule has 1 heterocycles. The van der Waals surface area contributed by atoms with Gasteiger partial charge >= 0.3 is 0 Å². The normalized spacial score (nSPS) is 12.7. The second kappa shape index (κ2) is 5.63. The van der Waals surface area contributed by atoms with Gasteiger partial charge in [0.2, 0.25) is 0 Å². The lowest BCUT2D eigenvalue weighted by Gasteiger charge is -2.16. The average molecular weight is 312 g/mol. The van der Waals surface area contributed by atoms with Gasteiger partial charge in [-0.3, -0.25) is 0 Å². The third-order valence-electron chi connectivity index (χ3n) is 2.94. The molecule has 1 atom stereocenters. The number of nitrogens with one attached hydrogen (secondary N) is 1. The van der Waals surface area contributed by atoms with Crippen LogP contribution in [0.15, 0.2) is 35.1 Å². The lowest BCUT2D eigenvalue weighted by Crippen LogP contribution is -2.22. The number of likely N-dealkylation sites (N-methyl/N-ethyl adjacent to an activating group) is 1. The summed E-state index contributed by atoms with van der Waals surface area (Å²) in [5.41, 5.74) is 1.06. The Morgan fingerprint density at radius 2 is 2.28 bits per heavy atom. The quantitative estimate of drug-likeness (QED) is 0.941. The van der Waals surface area contributed by atoms with Crippen LogP contribution in [0.3, 0.4) is 0 Å². The summed E-state index contributed by atoms with van der Waals surface area (Å²) in [6.07, 6.45) is 4.46. The van der Waals surface area contributed by atoms with Crippen molar-refractivity contribution in [2.24, 2.45) is 7.05 Å². The highest BCUT2D eigenvalue weighted by atomic mass is 79.9. The fraction of sp³-hybridized carbons (Fsp3) is 0.308. The summed E-state index contributed by atoms with van der Waals surface area (Å²) >= 11 is 3.20. The van der Waals surface area contributed by atoms with E-state index in [1.165, 1.54) is 6.07 Å². The largest absolute Gasteiger partial charge is 0.337 e. The van der Waals surface area contributed by atoms with Crippen LogP contribution in [0.4, 0.5) is 4.39 Å². The number of aromatic nitrogens is 2. The van der Waals surface area contributed by atoms with Crippen LogP contribution in [0.1, 0.15) is 17.4 Å². The minimum atomic E-state index is -0.239. The van der Waals surface area contributed by atoms with Gasteiger partial charge in [-0.05, 0) is 47.1 Å². The number of aryl methyl sites for hydroxylation is 1. The van der Waals surface area contributed by atoms with Crippen molar-refractivity contribution in [2.45, 2.75) is 12.5 Å². The van der Waals surface area contributed by atoms with E-state index in [1.807, 2.05) is 30.9 Å². The first-order valence-electron chi connectivity index (χ1n) is 5.70. The number of imidazole rings is 1. The first kappa shape index (κ1) is 13.2. The van der Waals surface area contributed by atoms with Crippen molar-refractivity contribution in [3.63, 3.8) is 0 Å². The smallest absolute Gasteiger partial charge is 0.137 e. The van der Waals surface area contributed by atoms with Crippen LogP contribution in [0.2, 0.25) is 0 Å². The minimum Gasteiger partial charge on any atom is -0.337 e. The van der Waals surface area contributed by atoms with Gasteiger partial charge in [0.25, 0.3) is 0 Å². The van der Waals surface area contributed by atoms with E-state index < -0.39 is 0 Å².